The van der Waals surface area contributed by atoms with Crippen LogP contribution in [0, 0.1) is 5.82 Å². The average molecular weight is 275 g/mol. The summed E-state index contributed by atoms with van der Waals surface area (Å²) in [5.41, 5.74) is 1.27. The molecular formula is C18H10FNO. The molecule has 0 radical (unpaired) electrons. The Balaban J connectivity index is 2.29. The molecule has 2 nitrogen and oxygen atoms in total. The molecule has 1 heterocycles. The summed E-state index contributed by atoms with van der Waals surface area (Å²) in [5, 5.41) is 2.50. The molecule has 3 aromatic carbocycles. The number of rotatable bonds is 0. The zero-order chi connectivity index (χ0) is 14.4. The fourth-order valence-electron chi connectivity index (χ4n) is 2.62. The molecule has 4 rings (SSSR count). The first-order valence-electron chi connectivity index (χ1n) is 6.64. The lowest BCUT2D eigenvalue weighted by atomic mass is 10.1. The van der Waals surface area contributed by atoms with Gasteiger partial charge in [-0.1, -0.05) is 30.3 Å². The molecule has 0 unspecified atom stereocenters. The molecule has 0 bridgehead atoms. The van der Waals surface area contributed by atoms with Crippen molar-refractivity contribution in [1.82, 2.24) is 4.98 Å². The van der Waals surface area contributed by atoms with Gasteiger partial charge in [0.15, 0.2) is 5.43 Å². The van der Waals surface area contributed by atoms with Crippen molar-refractivity contribution >= 4 is 32.6 Å². The van der Waals surface area contributed by atoms with Crippen LogP contribution in [0.15, 0.2) is 65.5 Å². The van der Waals surface area contributed by atoms with Crippen molar-refractivity contribution in [2.24, 2.45) is 0 Å². The highest BCUT2D eigenvalue weighted by Gasteiger charge is 2.06. The lowest BCUT2D eigenvalue weighted by Crippen LogP contribution is -1.99. The minimum Gasteiger partial charge on any atom is -0.289 e. The van der Waals surface area contributed by atoms with E-state index in [1.807, 2.05) is 36.4 Å². The van der Waals surface area contributed by atoms with Crippen LogP contribution >= 0.6 is 0 Å². The van der Waals surface area contributed by atoms with Crippen LogP contribution in [0.2, 0.25) is 0 Å². The van der Waals surface area contributed by atoms with Gasteiger partial charge >= 0.3 is 0 Å². The highest BCUT2D eigenvalue weighted by molar-refractivity contribution is 5.97. The van der Waals surface area contributed by atoms with Crippen LogP contribution in [0.25, 0.3) is 32.6 Å². The molecule has 0 spiro atoms. The van der Waals surface area contributed by atoms with E-state index in [1.54, 1.807) is 12.1 Å². The minimum atomic E-state index is -0.410. The number of hydrogen-bond donors (Lipinski definition) is 0. The molecule has 21 heavy (non-hydrogen) atoms. The van der Waals surface area contributed by atoms with Crippen LogP contribution in [0.4, 0.5) is 4.39 Å². The highest BCUT2D eigenvalue weighted by atomic mass is 19.1. The van der Waals surface area contributed by atoms with Gasteiger partial charge in [0.05, 0.1) is 11.0 Å². The number of aromatic nitrogens is 1. The maximum absolute atomic E-state index is 13.4. The number of halogens is 1. The summed E-state index contributed by atoms with van der Waals surface area (Å²) < 4.78 is 13.4. The number of nitrogens with zero attached hydrogens (tertiary/aromatic N) is 1. The molecular weight excluding hydrogens is 265 g/mol. The Labute approximate surface area is 119 Å². The Kier molecular flexibility index (Phi) is 2.48. The first-order chi connectivity index (χ1) is 10.2. The monoisotopic (exact) mass is 275 g/mol. The first kappa shape index (κ1) is 12.0. The van der Waals surface area contributed by atoms with E-state index < -0.39 is 5.82 Å². The first-order valence-corrected chi connectivity index (χ1v) is 6.64. The van der Waals surface area contributed by atoms with Crippen molar-refractivity contribution in [3.8, 4) is 0 Å². The maximum atomic E-state index is 13.4. The van der Waals surface area contributed by atoms with E-state index in [2.05, 4.69) is 4.98 Å². The van der Waals surface area contributed by atoms with Crippen LogP contribution in [-0.4, -0.2) is 4.98 Å². The summed E-state index contributed by atoms with van der Waals surface area (Å²) in [6, 6.07) is 17.3. The molecule has 0 aliphatic heterocycles. The number of hydrogen-bond acceptors (Lipinski definition) is 2. The fraction of sp³-hybridized carbons (Fsp3) is 0. The second-order valence-corrected chi connectivity index (χ2v) is 5.01. The zero-order valence-corrected chi connectivity index (χ0v) is 11.0. The van der Waals surface area contributed by atoms with E-state index in [0.717, 1.165) is 10.9 Å². The maximum Gasteiger partial charge on any atom is 0.195 e. The minimum absolute atomic E-state index is 0.192. The van der Waals surface area contributed by atoms with Gasteiger partial charge in [0.25, 0.3) is 0 Å². The number of para-hydroxylation sites is 1. The molecule has 0 saturated carbocycles. The van der Waals surface area contributed by atoms with Crippen molar-refractivity contribution in [3.63, 3.8) is 0 Å². The number of fused-ring (bicyclic) bond motifs is 3. The largest absolute Gasteiger partial charge is 0.289 e. The quantitative estimate of drug-likeness (QED) is 0.485. The molecule has 1 aromatic heterocycles. The van der Waals surface area contributed by atoms with Crippen LogP contribution < -0.4 is 5.43 Å². The molecule has 100 valence electrons. The topological polar surface area (TPSA) is 30.0 Å². The smallest absolute Gasteiger partial charge is 0.195 e. The Morgan fingerprint density at radius 3 is 2.48 bits per heavy atom. The predicted octanol–water partition coefficient (Wildman–Crippen LogP) is 4.04. The van der Waals surface area contributed by atoms with E-state index >= 15 is 0 Å². The van der Waals surface area contributed by atoms with Gasteiger partial charge < -0.3 is 0 Å². The Bertz CT molecular complexity index is 1070. The van der Waals surface area contributed by atoms with Crippen LogP contribution in [0.3, 0.4) is 0 Å². The van der Waals surface area contributed by atoms with Gasteiger partial charge in [-0.05, 0) is 35.7 Å². The summed E-state index contributed by atoms with van der Waals surface area (Å²) in [6.45, 7) is 0. The zero-order valence-electron chi connectivity index (χ0n) is 11.0. The summed E-state index contributed by atoms with van der Waals surface area (Å²) in [7, 11) is 0. The Morgan fingerprint density at radius 1 is 0.762 bits per heavy atom. The molecule has 0 saturated heterocycles. The summed E-state index contributed by atoms with van der Waals surface area (Å²) in [5.74, 6) is -0.410. The van der Waals surface area contributed by atoms with E-state index in [4.69, 9.17) is 0 Å². The Hall–Kier alpha value is -2.81. The molecule has 0 aliphatic rings. The summed E-state index contributed by atoms with van der Waals surface area (Å²) in [6.07, 6.45) is 0. The number of benzene rings is 2. The van der Waals surface area contributed by atoms with E-state index in [-0.39, 0.29) is 5.43 Å². The molecule has 4 aromatic rings. The van der Waals surface area contributed by atoms with Gasteiger partial charge in [-0.15, -0.1) is 0 Å². The third-order valence-electron chi connectivity index (χ3n) is 3.68. The van der Waals surface area contributed by atoms with Crippen LogP contribution in [0.1, 0.15) is 0 Å². The SMILES string of the molecule is O=c1c2cc(F)ccc2ccc2nc3ccccc3cc12. The normalized spacial score (nSPS) is 11.3. The van der Waals surface area contributed by atoms with Gasteiger partial charge in [-0.3, -0.25) is 4.79 Å². The van der Waals surface area contributed by atoms with E-state index in [9.17, 15) is 9.18 Å². The van der Waals surface area contributed by atoms with Crippen molar-refractivity contribution in [2.45, 2.75) is 0 Å². The molecule has 0 fully saturated rings. The molecule has 0 N–H and O–H groups in total. The lowest BCUT2D eigenvalue weighted by molar-refractivity contribution is 0.629. The third-order valence-corrected chi connectivity index (χ3v) is 3.68. The van der Waals surface area contributed by atoms with Gasteiger partial charge in [0, 0.05) is 16.2 Å². The van der Waals surface area contributed by atoms with Crippen molar-refractivity contribution in [2.75, 3.05) is 0 Å². The van der Waals surface area contributed by atoms with Crippen molar-refractivity contribution < 1.29 is 4.39 Å². The standard InChI is InChI=1S/C18H10FNO/c19-13-7-5-11-6-8-17-15(18(21)14(11)10-13)9-12-3-1-2-4-16(12)20-17/h1-10H. The lowest BCUT2D eigenvalue weighted by Gasteiger charge is -1.98. The summed E-state index contributed by atoms with van der Waals surface area (Å²) >= 11 is 0. The van der Waals surface area contributed by atoms with Gasteiger partial charge in [0.2, 0.25) is 0 Å². The third kappa shape index (κ3) is 1.86. The average Bonchev–Trinajstić information content (AvgIpc) is 2.63. The van der Waals surface area contributed by atoms with Crippen LogP contribution in [0.5, 0.6) is 0 Å². The second-order valence-electron chi connectivity index (χ2n) is 5.01. The fourth-order valence-corrected chi connectivity index (χ4v) is 2.62. The molecule has 0 aliphatic carbocycles. The van der Waals surface area contributed by atoms with E-state index in [1.165, 1.54) is 12.1 Å². The second kappa shape index (κ2) is 4.35. The van der Waals surface area contributed by atoms with Crippen molar-refractivity contribution in [1.29, 1.82) is 0 Å². The van der Waals surface area contributed by atoms with Crippen LogP contribution in [-0.2, 0) is 0 Å². The van der Waals surface area contributed by atoms with Gasteiger partial charge in [-0.25, -0.2) is 9.37 Å². The molecule has 0 atom stereocenters. The predicted molar refractivity (Wildman–Crippen MR) is 83.0 cm³/mol. The van der Waals surface area contributed by atoms with Gasteiger partial charge in [-0.2, -0.15) is 0 Å². The van der Waals surface area contributed by atoms with Gasteiger partial charge in [0.1, 0.15) is 5.82 Å². The van der Waals surface area contributed by atoms with E-state index in [0.29, 0.717) is 21.7 Å². The van der Waals surface area contributed by atoms with Crippen molar-refractivity contribution in [3.05, 3.63) is 76.7 Å². The Morgan fingerprint density at radius 2 is 1.57 bits per heavy atom. The molecule has 0 amide bonds. The molecule has 3 heteroatoms. The number of pyridine rings is 1. The summed E-state index contributed by atoms with van der Waals surface area (Å²) in [4.78, 5) is 17.2. The highest BCUT2D eigenvalue weighted by Crippen LogP contribution is 2.19.